The molecule has 4 rings (SSSR count). The largest absolute Gasteiger partial charge is 0.486 e. The van der Waals surface area contributed by atoms with E-state index in [1.54, 1.807) is 12.1 Å². The van der Waals surface area contributed by atoms with Crippen molar-refractivity contribution in [1.82, 2.24) is 5.32 Å². The third kappa shape index (κ3) is 3.58. The molecular weight excluding hydrogens is 362 g/mol. The molecule has 0 spiro atoms. The summed E-state index contributed by atoms with van der Waals surface area (Å²) in [6, 6.07) is 10.3. The van der Waals surface area contributed by atoms with Crippen LogP contribution >= 0.6 is 0 Å². The summed E-state index contributed by atoms with van der Waals surface area (Å²) in [4.78, 5) is 25.0. The highest BCUT2D eigenvalue weighted by molar-refractivity contribution is 5.83. The first-order chi connectivity index (χ1) is 13.5. The first kappa shape index (κ1) is 18.1. The van der Waals surface area contributed by atoms with Gasteiger partial charge in [0.05, 0.1) is 17.5 Å². The molecule has 0 saturated carbocycles. The smallest absolute Gasteiger partial charge is 0.269 e. The minimum Gasteiger partial charge on any atom is -0.486 e. The Morgan fingerprint density at radius 1 is 1.21 bits per heavy atom. The maximum atomic E-state index is 12.5. The van der Waals surface area contributed by atoms with Crippen LogP contribution in [0.25, 0.3) is 0 Å². The van der Waals surface area contributed by atoms with Crippen LogP contribution in [0.1, 0.15) is 24.1 Å². The van der Waals surface area contributed by atoms with Crippen LogP contribution in [0, 0.1) is 10.1 Å². The van der Waals surface area contributed by atoms with Crippen molar-refractivity contribution < 1.29 is 19.2 Å². The van der Waals surface area contributed by atoms with Crippen molar-refractivity contribution in [2.24, 2.45) is 0 Å². The van der Waals surface area contributed by atoms with E-state index in [9.17, 15) is 14.9 Å². The van der Waals surface area contributed by atoms with Crippen molar-refractivity contribution in [2.45, 2.75) is 19.4 Å². The van der Waals surface area contributed by atoms with E-state index in [0.29, 0.717) is 31.9 Å². The lowest BCUT2D eigenvalue weighted by Crippen LogP contribution is -2.37. The Hall–Kier alpha value is -3.29. The van der Waals surface area contributed by atoms with Gasteiger partial charge >= 0.3 is 0 Å². The van der Waals surface area contributed by atoms with E-state index in [4.69, 9.17) is 9.47 Å². The number of nitro benzene ring substituents is 1. The maximum absolute atomic E-state index is 12.5. The zero-order valence-electron chi connectivity index (χ0n) is 15.5. The molecule has 2 aliphatic heterocycles. The Labute approximate surface area is 162 Å². The van der Waals surface area contributed by atoms with E-state index < -0.39 is 4.92 Å². The van der Waals surface area contributed by atoms with Gasteiger partial charge in [-0.15, -0.1) is 0 Å². The average molecular weight is 383 g/mol. The van der Waals surface area contributed by atoms with E-state index in [2.05, 4.69) is 5.32 Å². The van der Waals surface area contributed by atoms with Crippen LogP contribution in [0.15, 0.2) is 36.4 Å². The molecule has 2 aromatic carbocycles. The fourth-order valence-corrected chi connectivity index (χ4v) is 3.61. The van der Waals surface area contributed by atoms with Crippen LogP contribution in [0.4, 0.5) is 11.4 Å². The SMILES string of the molecule is C[C@@H](NC(=O)CN1CCc2cc([N+](=O)[O-])ccc21)c1ccc2c(c1)OCCO2. The number of nitro groups is 1. The van der Waals surface area contributed by atoms with Crippen LogP contribution in [0.5, 0.6) is 11.5 Å². The van der Waals surface area contributed by atoms with Crippen molar-refractivity contribution >= 4 is 17.3 Å². The number of non-ortho nitro benzene ring substituents is 1. The van der Waals surface area contributed by atoms with E-state index in [1.807, 2.05) is 30.0 Å². The molecule has 1 atom stereocenters. The van der Waals surface area contributed by atoms with E-state index in [0.717, 1.165) is 22.6 Å². The van der Waals surface area contributed by atoms with Crippen LogP contribution in [-0.4, -0.2) is 37.1 Å². The monoisotopic (exact) mass is 383 g/mol. The predicted molar refractivity (Wildman–Crippen MR) is 103 cm³/mol. The fraction of sp³-hybridized carbons (Fsp3) is 0.350. The topological polar surface area (TPSA) is 93.9 Å². The Bertz CT molecular complexity index is 930. The molecule has 0 fully saturated rings. The van der Waals surface area contributed by atoms with Gasteiger partial charge in [-0.05, 0) is 42.7 Å². The highest BCUT2D eigenvalue weighted by Crippen LogP contribution is 2.33. The van der Waals surface area contributed by atoms with Crippen molar-refractivity contribution in [3.63, 3.8) is 0 Å². The minimum absolute atomic E-state index is 0.0808. The molecule has 0 unspecified atom stereocenters. The third-order valence-corrected chi connectivity index (χ3v) is 5.04. The number of carbonyl (C=O) groups is 1. The molecule has 28 heavy (non-hydrogen) atoms. The molecule has 1 N–H and O–H groups in total. The fourth-order valence-electron chi connectivity index (χ4n) is 3.61. The Kier molecular flexibility index (Phi) is 4.77. The number of nitrogens with zero attached hydrogens (tertiary/aromatic N) is 2. The zero-order chi connectivity index (χ0) is 19.7. The molecule has 0 aromatic heterocycles. The second-order valence-electron chi connectivity index (χ2n) is 6.93. The second-order valence-corrected chi connectivity index (χ2v) is 6.93. The van der Waals surface area contributed by atoms with Gasteiger partial charge in [0.15, 0.2) is 11.5 Å². The maximum Gasteiger partial charge on any atom is 0.269 e. The summed E-state index contributed by atoms with van der Waals surface area (Å²) in [6.07, 6.45) is 0.696. The van der Waals surface area contributed by atoms with Crippen molar-refractivity contribution in [1.29, 1.82) is 0 Å². The molecule has 8 nitrogen and oxygen atoms in total. The van der Waals surface area contributed by atoms with Crippen molar-refractivity contribution in [3.8, 4) is 11.5 Å². The van der Waals surface area contributed by atoms with Crippen molar-refractivity contribution in [2.75, 3.05) is 31.2 Å². The number of benzene rings is 2. The Balaban J connectivity index is 1.39. The second kappa shape index (κ2) is 7.38. The van der Waals surface area contributed by atoms with Gasteiger partial charge < -0.3 is 19.7 Å². The van der Waals surface area contributed by atoms with E-state index in [1.165, 1.54) is 6.07 Å². The number of hydrogen-bond acceptors (Lipinski definition) is 6. The molecule has 8 heteroatoms. The standard InChI is InChI=1S/C20H21N3O5/c1-13(14-2-5-18-19(11-14)28-9-8-27-18)21-20(24)12-22-7-6-15-10-16(23(25)26)3-4-17(15)22/h2-5,10-11,13H,6-9,12H2,1H3,(H,21,24)/t13-/m1/s1. The van der Waals surface area contributed by atoms with Crippen LogP contribution in [0.2, 0.25) is 0 Å². The van der Waals surface area contributed by atoms with E-state index in [-0.39, 0.29) is 24.2 Å². The highest BCUT2D eigenvalue weighted by atomic mass is 16.6. The summed E-state index contributed by atoms with van der Waals surface area (Å²) in [6.45, 7) is 3.86. The molecule has 0 bridgehead atoms. The summed E-state index contributed by atoms with van der Waals surface area (Å²) in [5.74, 6) is 1.31. The van der Waals surface area contributed by atoms with Crippen LogP contribution < -0.4 is 19.7 Å². The number of ether oxygens (including phenoxy) is 2. The highest BCUT2D eigenvalue weighted by Gasteiger charge is 2.24. The number of hydrogen-bond donors (Lipinski definition) is 1. The van der Waals surface area contributed by atoms with Gasteiger partial charge in [-0.25, -0.2) is 0 Å². The molecule has 0 saturated heterocycles. The molecule has 2 heterocycles. The van der Waals surface area contributed by atoms with Crippen LogP contribution in [-0.2, 0) is 11.2 Å². The molecule has 1 amide bonds. The van der Waals surface area contributed by atoms with Gasteiger partial charge in [0.2, 0.25) is 5.91 Å². The lowest BCUT2D eigenvalue weighted by Gasteiger charge is -2.23. The summed E-state index contributed by atoms with van der Waals surface area (Å²) in [5.41, 5.74) is 2.81. The molecular formula is C20H21N3O5. The number of carbonyl (C=O) groups excluding carboxylic acids is 1. The molecule has 2 aliphatic rings. The zero-order valence-corrected chi connectivity index (χ0v) is 15.5. The Morgan fingerprint density at radius 3 is 2.79 bits per heavy atom. The quantitative estimate of drug-likeness (QED) is 0.630. The lowest BCUT2D eigenvalue weighted by molar-refractivity contribution is -0.384. The first-order valence-electron chi connectivity index (χ1n) is 9.22. The summed E-state index contributed by atoms with van der Waals surface area (Å²) in [7, 11) is 0. The van der Waals surface area contributed by atoms with Crippen LogP contribution in [0.3, 0.4) is 0 Å². The number of amides is 1. The first-order valence-corrected chi connectivity index (χ1v) is 9.22. The summed E-state index contributed by atoms with van der Waals surface area (Å²) >= 11 is 0. The lowest BCUT2D eigenvalue weighted by atomic mass is 10.1. The normalized spacial score (nSPS) is 15.7. The van der Waals surface area contributed by atoms with E-state index >= 15 is 0 Å². The van der Waals surface area contributed by atoms with Gasteiger partial charge in [0, 0.05) is 24.4 Å². The molecule has 0 radical (unpaired) electrons. The third-order valence-electron chi connectivity index (χ3n) is 5.04. The molecule has 0 aliphatic carbocycles. The summed E-state index contributed by atoms with van der Waals surface area (Å²) in [5, 5.41) is 13.9. The average Bonchev–Trinajstić information content (AvgIpc) is 3.09. The van der Waals surface area contributed by atoms with Gasteiger partial charge in [0.25, 0.3) is 5.69 Å². The number of fused-ring (bicyclic) bond motifs is 2. The van der Waals surface area contributed by atoms with Gasteiger partial charge in [-0.2, -0.15) is 0 Å². The van der Waals surface area contributed by atoms with Gasteiger partial charge in [-0.1, -0.05) is 6.07 Å². The predicted octanol–water partition coefficient (Wildman–Crippen LogP) is 2.61. The molecule has 146 valence electrons. The van der Waals surface area contributed by atoms with Gasteiger partial charge in [0.1, 0.15) is 13.2 Å². The van der Waals surface area contributed by atoms with Gasteiger partial charge in [-0.3, -0.25) is 14.9 Å². The Morgan fingerprint density at radius 2 is 2.00 bits per heavy atom. The minimum atomic E-state index is -0.398. The number of nitrogens with one attached hydrogen (secondary N) is 1. The molecule has 2 aromatic rings. The van der Waals surface area contributed by atoms with Crippen molar-refractivity contribution in [3.05, 3.63) is 57.6 Å². The number of rotatable bonds is 5. The summed E-state index contributed by atoms with van der Waals surface area (Å²) < 4.78 is 11.1. The number of anilines is 1.